The standard InChI is InChI=1S/C5H9N3O.C2H6/c1-3(9)5-6-4(2)7-8-5;1-2/h3,9H,1-2H3,(H,6,7,8);1-2H3. The first-order valence-corrected chi connectivity index (χ1v) is 3.77. The molecular weight excluding hydrogens is 142 g/mol. The van der Waals surface area contributed by atoms with Crippen LogP contribution in [-0.4, -0.2) is 20.3 Å². The molecule has 0 bridgehead atoms. The Labute approximate surface area is 66.7 Å². The van der Waals surface area contributed by atoms with Gasteiger partial charge in [0.05, 0.1) is 0 Å². The quantitative estimate of drug-likeness (QED) is 0.643. The zero-order valence-electron chi connectivity index (χ0n) is 7.42. The van der Waals surface area contributed by atoms with Crippen molar-refractivity contribution in [2.75, 3.05) is 0 Å². The van der Waals surface area contributed by atoms with E-state index in [0.29, 0.717) is 5.82 Å². The molecule has 0 spiro atoms. The Morgan fingerprint density at radius 3 is 2.18 bits per heavy atom. The average Bonchev–Trinajstić information content (AvgIpc) is 2.40. The number of aliphatic hydroxyl groups excluding tert-OH is 1. The van der Waals surface area contributed by atoms with E-state index in [1.54, 1.807) is 13.8 Å². The SMILES string of the molecule is CC.Cc1nc(C(C)O)n[nH]1. The first kappa shape index (κ1) is 10.1. The van der Waals surface area contributed by atoms with Crippen LogP contribution >= 0.6 is 0 Å². The number of aryl methyl sites for hydroxylation is 1. The van der Waals surface area contributed by atoms with Gasteiger partial charge in [-0.25, -0.2) is 4.98 Å². The highest BCUT2D eigenvalue weighted by molar-refractivity contribution is 4.89. The monoisotopic (exact) mass is 157 g/mol. The van der Waals surface area contributed by atoms with Gasteiger partial charge in [-0.2, -0.15) is 5.10 Å². The Balaban J connectivity index is 0.000000461. The lowest BCUT2D eigenvalue weighted by molar-refractivity contribution is 0.189. The van der Waals surface area contributed by atoms with Crippen LogP contribution in [-0.2, 0) is 0 Å². The molecule has 0 saturated carbocycles. The zero-order chi connectivity index (χ0) is 8.85. The molecule has 0 saturated heterocycles. The summed E-state index contributed by atoms with van der Waals surface area (Å²) in [5.74, 6) is 1.18. The molecule has 0 amide bonds. The second kappa shape index (κ2) is 4.85. The van der Waals surface area contributed by atoms with E-state index < -0.39 is 6.10 Å². The molecule has 1 atom stereocenters. The third-order valence-electron chi connectivity index (χ3n) is 0.988. The Bertz CT molecular complexity index is 195. The van der Waals surface area contributed by atoms with E-state index >= 15 is 0 Å². The lowest BCUT2D eigenvalue weighted by Crippen LogP contribution is -1.92. The lowest BCUT2D eigenvalue weighted by atomic mass is 10.4. The summed E-state index contributed by atoms with van der Waals surface area (Å²) in [5.41, 5.74) is 0. The van der Waals surface area contributed by atoms with E-state index in [1.807, 2.05) is 13.8 Å². The summed E-state index contributed by atoms with van der Waals surface area (Å²) in [6.45, 7) is 7.42. The molecule has 1 aromatic rings. The summed E-state index contributed by atoms with van der Waals surface area (Å²) in [7, 11) is 0. The van der Waals surface area contributed by atoms with Gasteiger partial charge >= 0.3 is 0 Å². The van der Waals surface area contributed by atoms with Gasteiger partial charge in [-0.3, -0.25) is 5.10 Å². The van der Waals surface area contributed by atoms with Crippen LogP contribution in [0.4, 0.5) is 0 Å². The Morgan fingerprint density at radius 2 is 2.00 bits per heavy atom. The molecule has 2 N–H and O–H groups in total. The van der Waals surface area contributed by atoms with E-state index in [9.17, 15) is 0 Å². The Morgan fingerprint density at radius 1 is 1.45 bits per heavy atom. The van der Waals surface area contributed by atoms with Gasteiger partial charge < -0.3 is 5.11 Å². The highest BCUT2D eigenvalue weighted by Gasteiger charge is 2.04. The van der Waals surface area contributed by atoms with Crippen LogP contribution in [0.25, 0.3) is 0 Å². The molecule has 4 heteroatoms. The van der Waals surface area contributed by atoms with Crippen molar-refractivity contribution in [3.05, 3.63) is 11.6 Å². The maximum absolute atomic E-state index is 8.89. The number of nitrogens with one attached hydrogen (secondary N) is 1. The van der Waals surface area contributed by atoms with Crippen molar-refractivity contribution in [1.29, 1.82) is 0 Å². The predicted molar refractivity (Wildman–Crippen MR) is 43.1 cm³/mol. The van der Waals surface area contributed by atoms with Crippen molar-refractivity contribution in [2.45, 2.75) is 33.8 Å². The van der Waals surface area contributed by atoms with Crippen molar-refractivity contribution < 1.29 is 5.11 Å². The van der Waals surface area contributed by atoms with Crippen LogP contribution in [0, 0.1) is 6.92 Å². The smallest absolute Gasteiger partial charge is 0.178 e. The number of hydrogen-bond acceptors (Lipinski definition) is 3. The second-order valence-electron chi connectivity index (χ2n) is 1.95. The summed E-state index contributed by atoms with van der Waals surface area (Å²) in [4.78, 5) is 3.89. The molecule has 0 aliphatic heterocycles. The van der Waals surface area contributed by atoms with Gasteiger partial charge in [0.1, 0.15) is 11.9 Å². The number of hydrogen-bond donors (Lipinski definition) is 2. The molecule has 11 heavy (non-hydrogen) atoms. The van der Waals surface area contributed by atoms with Crippen LogP contribution in [0.1, 0.15) is 38.5 Å². The highest BCUT2D eigenvalue weighted by Crippen LogP contribution is 2.02. The van der Waals surface area contributed by atoms with Gasteiger partial charge in [0, 0.05) is 0 Å². The minimum atomic E-state index is -0.574. The van der Waals surface area contributed by atoms with Gasteiger partial charge in [0.2, 0.25) is 0 Å². The molecule has 1 heterocycles. The summed E-state index contributed by atoms with van der Waals surface area (Å²) in [6.07, 6.45) is -0.574. The van der Waals surface area contributed by atoms with Crippen molar-refractivity contribution in [1.82, 2.24) is 15.2 Å². The van der Waals surface area contributed by atoms with E-state index in [2.05, 4.69) is 15.2 Å². The third kappa shape index (κ3) is 3.13. The fraction of sp³-hybridized carbons (Fsp3) is 0.714. The summed E-state index contributed by atoms with van der Waals surface area (Å²) < 4.78 is 0. The number of H-pyrrole nitrogens is 1. The highest BCUT2D eigenvalue weighted by atomic mass is 16.3. The largest absolute Gasteiger partial charge is 0.385 e. The lowest BCUT2D eigenvalue weighted by Gasteiger charge is -1.92. The van der Waals surface area contributed by atoms with Crippen molar-refractivity contribution in [3.8, 4) is 0 Å². The maximum Gasteiger partial charge on any atom is 0.178 e. The Kier molecular flexibility index (Phi) is 4.45. The fourth-order valence-electron chi connectivity index (χ4n) is 0.547. The Hall–Kier alpha value is -0.900. The first-order valence-electron chi connectivity index (χ1n) is 3.77. The van der Waals surface area contributed by atoms with Crippen molar-refractivity contribution >= 4 is 0 Å². The molecule has 1 unspecified atom stereocenters. The van der Waals surface area contributed by atoms with Gasteiger partial charge in [-0.1, -0.05) is 13.8 Å². The molecule has 0 aromatic carbocycles. The molecule has 0 aliphatic rings. The van der Waals surface area contributed by atoms with Crippen LogP contribution < -0.4 is 0 Å². The van der Waals surface area contributed by atoms with Crippen LogP contribution in [0.3, 0.4) is 0 Å². The van der Waals surface area contributed by atoms with E-state index in [0.717, 1.165) is 5.82 Å². The number of aromatic amines is 1. The van der Waals surface area contributed by atoms with E-state index in [4.69, 9.17) is 5.11 Å². The number of nitrogens with zero attached hydrogens (tertiary/aromatic N) is 2. The minimum Gasteiger partial charge on any atom is -0.385 e. The summed E-state index contributed by atoms with van der Waals surface area (Å²) in [5, 5.41) is 15.3. The second-order valence-corrected chi connectivity index (χ2v) is 1.95. The van der Waals surface area contributed by atoms with Gasteiger partial charge in [0.15, 0.2) is 5.82 Å². The van der Waals surface area contributed by atoms with Gasteiger partial charge in [-0.15, -0.1) is 0 Å². The zero-order valence-corrected chi connectivity index (χ0v) is 7.42. The molecule has 4 nitrogen and oxygen atoms in total. The molecule has 1 rings (SSSR count). The molecular formula is C7H15N3O. The molecule has 0 aliphatic carbocycles. The summed E-state index contributed by atoms with van der Waals surface area (Å²) >= 11 is 0. The van der Waals surface area contributed by atoms with Crippen LogP contribution in [0.2, 0.25) is 0 Å². The minimum absolute atomic E-state index is 0.451. The number of aliphatic hydroxyl groups is 1. The first-order chi connectivity index (χ1) is 5.20. The van der Waals surface area contributed by atoms with Crippen LogP contribution in [0.15, 0.2) is 0 Å². The van der Waals surface area contributed by atoms with E-state index in [1.165, 1.54) is 0 Å². The third-order valence-corrected chi connectivity index (χ3v) is 0.988. The number of rotatable bonds is 1. The van der Waals surface area contributed by atoms with Gasteiger partial charge in [-0.05, 0) is 13.8 Å². The van der Waals surface area contributed by atoms with Crippen LogP contribution in [0.5, 0.6) is 0 Å². The van der Waals surface area contributed by atoms with Crippen molar-refractivity contribution in [2.24, 2.45) is 0 Å². The molecule has 0 fully saturated rings. The molecule has 1 aromatic heterocycles. The summed E-state index contributed by atoms with van der Waals surface area (Å²) in [6, 6.07) is 0. The van der Waals surface area contributed by atoms with Crippen molar-refractivity contribution in [3.63, 3.8) is 0 Å². The average molecular weight is 157 g/mol. The van der Waals surface area contributed by atoms with E-state index in [-0.39, 0.29) is 0 Å². The maximum atomic E-state index is 8.89. The predicted octanol–water partition coefficient (Wildman–Crippen LogP) is 1.19. The number of aromatic nitrogens is 3. The van der Waals surface area contributed by atoms with Gasteiger partial charge in [0.25, 0.3) is 0 Å². The molecule has 0 radical (unpaired) electrons. The normalized spacial score (nSPS) is 11.7. The topological polar surface area (TPSA) is 61.8 Å². The fourth-order valence-corrected chi connectivity index (χ4v) is 0.547. The molecule has 64 valence electrons.